The predicted molar refractivity (Wildman–Crippen MR) is 111 cm³/mol. The highest BCUT2D eigenvalue weighted by Gasteiger charge is 2.17. The molecule has 6 rings (SSSR count). The zero-order chi connectivity index (χ0) is 19.9. The van der Waals surface area contributed by atoms with Gasteiger partial charge < -0.3 is 10.1 Å². The summed E-state index contributed by atoms with van der Waals surface area (Å²) >= 11 is 0. The van der Waals surface area contributed by atoms with E-state index >= 15 is 0 Å². The summed E-state index contributed by atoms with van der Waals surface area (Å²) in [5.41, 5.74) is 4.25. The van der Waals surface area contributed by atoms with Gasteiger partial charge in [-0.3, -0.25) is 14.9 Å². The molecule has 0 saturated carbocycles. The normalized spacial score (nSPS) is 15.2. The molecular formula is C20H19N9O. The zero-order valence-electron chi connectivity index (χ0n) is 16.0. The highest BCUT2D eigenvalue weighted by Crippen LogP contribution is 2.28. The number of fused-ring (bicyclic) bond motifs is 2. The van der Waals surface area contributed by atoms with Crippen LogP contribution in [0.2, 0.25) is 0 Å². The third-order valence-corrected chi connectivity index (χ3v) is 5.43. The highest BCUT2D eigenvalue weighted by atomic mass is 16.5. The van der Waals surface area contributed by atoms with Gasteiger partial charge in [0.15, 0.2) is 11.6 Å². The van der Waals surface area contributed by atoms with Gasteiger partial charge in [-0.2, -0.15) is 15.3 Å². The Morgan fingerprint density at radius 1 is 1.03 bits per heavy atom. The molecule has 0 unspecified atom stereocenters. The maximum absolute atomic E-state index is 5.45. The lowest BCUT2D eigenvalue weighted by Crippen LogP contribution is -2.19. The molecule has 5 heterocycles. The molecule has 1 aliphatic rings. The number of rotatable bonds is 4. The second-order valence-corrected chi connectivity index (χ2v) is 7.38. The largest absolute Gasteiger partial charge is 0.381 e. The quantitative estimate of drug-likeness (QED) is 0.423. The highest BCUT2D eigenvalue weighted by molar-refractivity contribution is 5.89. The molecule has 1 aliphatic heterocycles. The molecule has 5 aromatic rings. The van der Waals surface area contributed by atoms with Crippen LogP contribution in [0, 0.1) is 0 Å². The van der Waals surface area contributed by atoms with Gasteiger partial charge in [0.05, 0.1) is 35.8 Å². The molecule has 0 spiro atoms. The van der Waals surface area contributed by atoms with Crippen LogP contribution >= 0.6 is 0 Å². The lowest BCUT2D eigenvalue weighted by molar-refractivity contribution is 0.0662. The van der Waals surface area contributed by atoms with Crippen molar-refractivity contribution in [2.75, 3.05) is 18.5 Å². The second-order valence-electron chi connectivity index (χ2n) is 7.38. The Labute approximate surface area is 170 Å². The summed E-state index contributed by atoms with van der Waals surface area (Å²) in [7, 11) is 0. The fourth-order valence-electron chi connectivity index (χ4n) is 3.83. The average molecular weight is 401 g/mol. The van der Waals surface area contributed by atoms with E-state index in [2.05, 4.69) is 35.8 Å². The number of benzene rings is 1. The topological polar surface area (TPSA) is 122 Å². The van der Waals surface area contributed by atoms with E-state index in [1.165, 1.54) is 0 Å². The summed E-state index contributed by atoms with van der Waals surface area (Å²) in [4.78, 5) is 9.44. The van der Waals surface area contributed by atoms with Crippen molar-refractivity contribution in [1.82, 2.24) is 40.1 Å². The van der Waals surface area contributed by atoms with Gasteiger partial charge in [0, 0.05) is 30.4 Å². The van der Waals surface area contributed by atoms with E-state index in [0.717, 1.165) is 59.2 Å². The van der Waals surface area contributed by atoms with Crippen LogP contribution in [0.4, 0.5) is 11.5 Å². The van der Waals surface area contributed by atoms with E-state index in [0.29, 0.717) is 17.7 Å². The SMILES string of the molecule is c1nn(C2CCOCC2)cc1Nc1nc(-c2ccc3[nH]ncc3c2)nc2cn[nH]c12. The number of anilines is 2. The first-order chi connectivity index (χ1) is 14.8. The van der Waals surface area contributed by atoms with Gasteiger partial charge in [-0.15, -0.1) is 0 Å². The van der Waals surface area contributed by atoms with Gasteiger partial charge in [-0.1, -0.05) is 0 Å². The Kier molecular flexibility index (Phi) is 3.94. The van der Waals surface area contributed by atoms with E-state index < -0.39 is 0 Å². The van der Waals surface area contributed by atoms with Crippen molar-refractivity contribution in [3.63, 3.8) is 0 Å². The summed E-state index contributed by atoms with van der Waals surface area (Å²) in [6, 6.07) is 6.34. The molecule has 30 heavy (non-hydrogen) atoms. The van der Waals surface area contributed by atoms with Crippen LogP contribution < -0.4 is 5.32 Å². The van der Waals surface area contributed by atoms with Gasteiger partial charge in [-0.05, 0) is 31.0 Å². The zero-order valence-corrected chi connectivity index (χ0v) is 16.0. The number of nitrogens with one attached hydrogen (secondary N) is 3. The van der Waals surface area contributed by atoms with Gasteiger partial charge in [0.1, 0.15) is 11.0 Å². The van der Waals surface area contributed by atoms with E-state index in [-0.39, 0.29) is 0 Å². The third kappa shape index (κ3) is 2.98. The van der Waals surface area contributed by atoms with Crippen LogP contribution in [0.5, 0.6) is 0 Å². The molecule has 0 amide bonds. The molecule has 10 nitrogen and oxygen atoms in total. The molecule has 0 radical (unpaired) electrons. The summed E-state index contributed by atoms with van der Waals surface area (Å²) in [5.74, 6) is 1.28. The van der Waals surface area contributed by atoms with E-state index in [1.54, 1.807) is 12.4 Å². The van der Waals surface area contributed by atoms with Crippen LogP contribution in [0.1, 0.15) is 18.9 Å². The minimum Gasteiger partial charge on any atom is -0.381 e. The number of hydrogen-bond acceptors (Lipinski definition) is 7. The minimum absolute atomic E-state index is 0.365. The molecule has 1 saturated heterocycles. The molecule has 0 atom stereocenters. The van der Waals surface area contributed by atoms with Crippen molar-refractivity contribution in [3.8, 4) is 11.4 Å². The van der Waals surface area contributed by atoms with Gasteiger partial charge in [0.25, 0.3) is 0 Å². The van der Waals surface area contributed by atoms with Gasteiger partial charge in [0.2, 0.25) is 0 Å². The molecule has 3 N–H and O–H groups in total. The Bertz CT molecular complexity index is 1330. The lowest BCUT2D eigenvalue weighted by Gasteiger charge is -2.22. The van der Waals surface area contributed by atoms with E-state index in [4.69, 9.17) is 9.72 Å². The van der Waals surface area contributed by atoms with Crippen LogP contribution in [0.3, 0.4) is 0 Å². The molecular weight excluding hydrogens is 382 g/mol. The summed E-state index contributed by atoms with van der Waals surface area (Å²) in [6.45, 7) is 1.55. The van der Waals surface area contributed by atoms with Crippen molar-refractivity contribution in [3.05, 3.63) is 43.0 Å². The fraction of sp³-hybridized carbons (Fsp3) is 0.250. The first-order valence-corrected chi connectivity index (χ1v) is 9.87. The van der Waals surface area contributed by atoms with Gasteiger partial charge >= 0.3 is 0 Å². The summed E-state index contributed by atoms with van der Waals surface area (Å²) in [5, 5.41) is 23.1. The minimum atomic E-state index is 0.365. The second kappa shape index (κ2) is 6.92. The third-order valence-electron chi connectivity index (χ3n) is 5.43. The van der Waals surface area contributed by atoms with E-state index in [1.807, 2.05) is 35.3 Å². The van der Waals surface area contributed by atoms with Crippen molar-refractivity contribution in [2.24, 2.45) is 0 Å². The van der Waals surface area contributed by atoms with Crippen LogP contribution in [-0.2, 0) is 4.74 Å². The number of nitrogens with zero attached hydrogens (tertiary/aromatic N) is 6. The number of ether oxygens (including phenoxy) is 1. The molecule has 10 heteroatoms. The molecule has 0 aliphatic carbocycles. The Hall–Kier alpha value is -3.79. The Morgan fingerprint density at radius 3 is 2.87 bits per heavy atom. The van der Waals surface area contributed by atoms with Crippen LogP contribution in [0.15, 0.2) is 43.0 Å². The van der Waals surface area contributed by atoms with E-state index in [9.17, 15) is 0 Å². The Morgan fingerprint density at radius 2 is 1.93 bits per heavy atom. The maximum Gasteiger partial charge on any atom is 0.162 e. The number of H-pyrrole nitrogens is 2. The Balaban J connectivity index is 1.36. The smallest absolute Gasteiger partial charge is 0.162 e. The maximum atomic E-state index is 5.45. The van der Waals surface area contributed by atoms with Crippen LogP contribution in [0.25, 0.3) is 33.3 Å². The number of aromatic nitrogens is 8. The monoisotopic (exact) mass is 401 g/mol. The summed E-state index contributed by atoms with van der Waals surface area (Å²) in [6.07, 6.45) is 9.27. The first kappa shape index (κ1) is 17.1. The van der Waals surface area contributed by atoms with Crippen LogP contribution in [-0.4, -0.2) is 53.4 Å². The predicted octanol–water partition coefficient (Wildman–Crippen LogP) is 3.19. The van der Waals surface area contributed by atoms with Gasteiger partial charge in [-0.25, -0.2) is 9.97 Å². The lowest BCUT2D eigenvalue weighted by atomic mass is 10.1. The molecule has 1 aromatic carbocycles. The molecule has 4 aromatic heterocycles. The van der Waals surface area contributed by atoms with Crippen molar-refractivity contribution >= 4 is 33.4 Å². The standard InChI is InChI=1S/C20H19N9O/c1-2-16-13(8-21-27-16)7-12(1)19-25-17-10-22-28-18(17)20(26-19)24-14-9-23-29(11-14)15-3-5-30-6-4-15/h1-2,7-11,15H,3-6H2,(H,21,27)(H,22,28)(H,24,25,26). The summed E-state index contributed by atoms with van der Waals surface area (Å²) < 4.78 is 7.45. The first-order valence-electron chi connectivity index (χ1n) is 9.87. The molecule has 1 fully saturated rings. The molecule has 0 bridgehead atoms. The number of hydrogen-bond donors (Lipinski definition) is 3. The number of aromatic amines is 2. The molecule has 150 valence electrons. The van der Waals surface area contributed by atoms with Crippen molar-refractivity contribution in [2.45, 2.75) is 18.9 Å². The van der Waals surface area contributed by atoms with Crippen molar-refractivity contribution in [1.29, 1.82) is 0 Å². The fourth-order valence-corrected chi connectivity index (χ4v) is 3.83. The average Bonchev–Trinajstić information content (AvgIpc) is 3.54. The van der Waals surface area contributed by atoms with Crippen molar-refractivity contribution < 1.29 is 4.74 Å².